The fraction of sp³-hybridized carbons (Fsp3) is 0.667. The molecular weight excluding hydrogens is 484 g/mol. The second kappa shape index (κ2) is 10.7. The van der Waals surface area contributed by atoms with E-state index in [1.54, 1.807) is 13.0 Å². The molecule has 2 aliphatic carbocycles. The summed E-state index contributed by atoms with van der Waals surface area (Å²) in [5.41, 5.74) is -2.05. The lowest BCUT2D eigenvalue weighted by Crippen LogP contribution is -2.62. The molecule has 204 valence electrons. The molecule has 2 heterocycles. The van der Waals surface area contributed by atoms with Crippen molar-refractivity contribution in [3.63, 3.8) is 0 Å². The van der Waals surface area contributed by atoms with Crippen LogP contribution in [0, 0.1) is 16.7 Å². The normalized spacial score (nSPS) is 43.1. The number of ether oxygens (including phenoxy) is 4. The van der Waals surface area contributed by atoms with Crippen molar-refractivity contribution in [3.8, 4) is 0 Å². The number of carbonyl (C=O) groups is 3. The monoisotopic (exact) mass is 520 g/mol. The van der Waals surface area contributed by atoms with Crippen molar-refractivity contribution in [1.29, 1.82) is 0 Å². The van der Waals surface area contributed by atoms with Crippen LogP contribution < -0.4 is 0 Å². The third kappa shape index (κ3) is 4.99. The van der Waals surface area contributed by atoms with Gasteiger partial charge in [0.2, 0.25) is 0 Å². The number of rotatable bonds is 1. The molecule has 2 spiro atoms. The molecule has 0 aromatic heterocycles. The number of hydrogen-bond donors (Lipinski definition) is 3. The van der Waals surface area contributed by atoms with E-state index in [-0.39, 0.29) is 26.2 Å². The smallest absolute Gasteiger partial charge is 0.335 e. The van der Waals surface area contributed by atoms with E-state index in [1.807, 2.05) is 6.92 Å². The lowest BCUT2D eigenvalue weighted by Gasteiger charge is -2.54. The highest BCUT2D eigenvalue weighted by molar-refractivity contribution is 5.84. The number of epoxide rings is 1. The van der Waals surface area contributed by atoms with Gasteiger partial charge < -0.3 is 34.3 Å². The number of allylic oxidation sites excluding steroid dienone is 2. The zero-order valence-electron chi connectivity index (χ0n) is 21.3. The Kier molecular flexibility index (Phi) is 7.94. The Morgan fingerprint density at radius 1 is 1.00 bits per heavy atom. The van der Waals surface area contributed by atoms with Gasteiger partial charge in [0.1, 0.15) is 18.3 Å². The Morgan fingerprint density at radius 2 is 1.70 bits per heavy atom. The Labute approximate surface area is 215 Å². The van der Waals surface area contributed by atoms with Crippen molar-refractivity contribution in [2.75, 3.05) is 26.4 Å². The van der Waals surface area contributed by atoms with E-state index in [0.717, 1.165) is 6.08 Å². The van der Waals surface area contributed by atoms with E-state index in [4.69, 9.17) is 18.9 Å². The van der Waals surface area contributed by atoms with Crippen LogP contribution in [0.25, 0.3) is 0 Å². The highest BCUT2D eigenvalue weighted by atomic mass is 16.6. The second-order valence-corrected chi connectivity index (χ2v) is 10.7. The van der Waals surface area contributed by atoms with Crippen LogP contribution in [0.2, 0.25) is 0 Å². The molecule has 0 aromatic carbocycles. The van der Waals surface area contributed by atoms with Crippen molar-refractivity contribution in [3.05, 3.63) is 36.0 Å². The number of fused-ring (bicyclic) bond motifs is 3. The summed E-state index contributed by atoms with van der Waals surface area (Å²) in [5, 5.41) is 31.8. The minimum atomic E-state index is -1.46. The standard InChI is InChI=1S/C27H36O10/c1-17-9-12-34-21(30)5-3-4-6-22(31)37-20-8-11-27(16-36-27)25(20,2)26(15-35-24(33)23(17)32)10-7-18(14-28)13-19(26)29/h3-6,13,17,19-20,23,28-29,32H,7-12,14-16H2,1-2H3/b5-3-,6-4-. The third-order valence-electron chi connectivity index (χ3n) is 8.89. The van der Waals surface area contributed by atoms with Gasteiger partial charge in [0.25, 0.3) is 0 Å². The number of hydrogen-bond acceptors (Lipinski definition) is 10. The predicted molar refractivity (Wildman–Crippen MR) is 129 cm³/mol. The van der Waals surface area contributed by atoms with E-state index >= 15 is 0 Å². The van der Waals surface area contributed by atoms with E-state index in [9.17, 15) is 29.7 Å². The predicted octanol–water partition coefficient (Wildman–Crippen LogP) is 1.13. The van der Waals surface area contributed by atoms with Crippen LogP contribution >= 0.6 is 0 Å². The van der Waals surface area contributed by atoms with Crippen LogP contribution in [0.15, 0.2) is 36.0 Å². The summed E-state index contributed by atoms with van der Waals surface area (Å²) in [7, 11) is 0. The van der Waals surface area contributed by atoms with E-state index in [0.29, 0.717) is 37.9 Å². The van der Waals surface area contributed by atoms with Gasteiger partial charge in [-0.05, 0) is 43.6 Å². The first-order chi connectivity index (χ1) is 17.6. The molecule has 3 N–H and O–H groups in total. The van der Waals surface area contributed by atoms with Crippen LogP contribution in [0.1, 0.15) is 46.0 Å². The number of carbonyl (C=O) groups excluding carboxylic acids is 3. The average Bonchev–Trinajstić information content (AvgIpc) is 3.62. The van der Waals surface area contributed by atoms with Crippen LogP contribution in [0.3, 0.4) is 0 Å². The fourth-order valence-corrected chi connectivity index (χ4v) is 6.21. The van der Waals surface area contributed by atoms with E-state index in [1.165, 1.54) is 18.2 Å². The molecule has 0 amide bonds. The second-order valence-electron chi connectivity index (χ2n) is 10.7. The van der Waals surface area contributed by atoms with Gasteiger partial charge in [0, 0.05) is 23.0 Å². The third-order valence-corrected chi connectivity index (χ3v) is 8.89. The van der Waals surface area contributed by atoms with Gasteiger partial charge in [-0.1, -0.05) is 32.1 Å². The quantitative estimate of drug-likeness (QED) is 0.198. The lowest BCUT2D eigenvalue weighted by atomic mass is 9.52. The summed E-state index contributed by atoms with van der Waals surface area (Å²) in [5.74, 6) is -2.65. The maximum Gasteiger partial charge on any atom is 0.335 e. The minimum Gasteiger partial charge on any atom is -0.463 e. The van der Waals surface area contributed by atoms with E-state index in [2.05, 4.69) is 0 Å². The zero-order valence-corrected chi connectivity index (χ0v) is 21.3. The molecule has 7 unspecified atom stereocenters. The molecule has 2 aliphatic heterocycles. The zero-order chi connectivity index (χ0) is 26.8. The Hall–Kier alpha value is -2.53. The highest BCUT2D eigenvalue weighted by Crippen LogP contribution is 2.67. The maximum atomic E-state index is 12.9. The van der Waals surface area contributed by atoms with Crippen molar-refractivity contribution in [2.24, 2.45) is 16.7 Å². The number of aliphatic hydroxyl groups is 3. The molecule has 1 saturated carbocycles. The maximum absolute atomic E-state index is 12.9. The SMILES string of the molecule is CC1CCOC(=O)/C=C\C=C/C(=O)OC2CCC3(CO3)C2(C)C2(CCC(CO)=CC2O)COC(=O)C1O. The van der Waals surface area contributed by atoms with Crippen LogP contribution in [0.4, 0.5) is 0 Å². The largest absolute Gasteiger partial charge is 0.463 e. The van der Waals surface area contributed by atoms with Gasteiger partial charge in [-0.3, -0.25) is 0 Å². The van der Waals surface area contributed by atoms with Gasteiger partial charge >= 0.3 is 17.9 Å². The first-order valence-electron chi connectivity index (χ1n) is 12.8. The molecule has 0 radical (unpaired) electrons. The van der Waals surface area contributed by atoms with Gasteiger partial charge in [0.05, 0.1) is 25.9 Å². The summed E-state index contributed by atoms with van der Waals surface area (Å²) in [6.45, 7) is 3.50. The Balaban J connectivity index is 1.73. The molecule has 10 nitrogen and oxygen atoms in total. The average molecular weight is 521 g/mol. The highest BCUT2D eigenvalue weighted by Gasteiger charge is 2.75. The Bertz CT molecular complexity index is 995. The molecule has 37 heavy (non-hydrogen) atoms. The van der Waals surface area contributed by atoms with Crippen molar-refractivity contribution in [1.82, 2.24) is 0 Å². The molecule has 4 aliphatic rings. The molecule has 10 heteroatoms. The summed E-state index contributed by atoms with van der Waals surface area (Å²) >= 11 is 0. The Morgan fingerprint density at radius 3 is 2.35 bits per heavy atom. The molecular formula is C27H36O10. The van der Waals surface area contributed by atoms with Crippen molar-refractivity contribution in [2.45, 2.75) is 69.9 Å². The van der Waals surface area contributed by atoms with Gasteiger partial charge in [-0.2, -0.15) is 0 Å². The minimum absolute atomic E-state index is 0.0164. The van der Waals surface area contributed by atoms with Crippen LogP contribution in [0.5, 0.6) is 0 Å². The van der Waals surface area contributed by atoms with Gasteiger partial charge in [-0.25, -0.2) is 14.4 Å². The van der Waals surface area contributed by atoms with Gasteiger partial charge in [-0.15, -0.1) is 0 Å². The fourth-order valence-electron chi connectivity index (χ4n) is 6.21. The molecule has 2 fully saturated rings. The summed E-state index contributed by atoms with van der Waals surface area (Å²) < 4.78 is 22.6. The number of esters is 3. The first-order valence-corrected chi connectivity index (χ1v) is 12.8. The molecule has 0 bridgehead atoms. The number of aliphatic hydroxyl groups excluding tert-OH is 3. The first kappa shape index (κ1) is 27.5. The lowest BCUT2D eigenvalue weighted by molar-refractivity contribution is -0.195. The number of cyclic esters (lactones) is 2. The summed E-state index contributed by atoms with van der Waals surface area (Å²) in [6, 6.07) is 0. The molecule has 7 atom stereocenters. The summed E-state index contributed by atoms with van der Waals surface area (Å²) in [4.78, 5) is 37.5. The van der Waals surface area contributed by atoms with Gasteiger partial charge in [0.15, 0.2) is 6.10 Å². The molecule has 1 saturated heterocycles. The summed E-state index contributed by atoms with van der Waals surface area (Å²) in [6.07, 6.45) is 5.56. The van der Waals surface area contributed by atoms with Crippen LogP contribution in [-0.2, 0) is 33.3 Å². The van der Waals surface area contributed by atoms with Crippen molar-refractivity contribution >= 4 is 17.9 Å². The topological polar surface area (TPSA) is 152 Å². The van der Waals surface area contributed by atoms with Crippen molar-refractivity contribution < 1.29 is 48.7 Å². The van der Waals surface area contributed by atoms with Crippen LogP contribution in [-0.4, -0.2) is 83.6 Å². The van der Waals surface area contributed by atoms with E-state index < -0.39 is 58.6 Å². The molecule has 0 aromatic rings. The molecule has 4 rings (SSSR count).